The lowest BCUT2D eigenvalue weighted by atomic mass is 10.2. The largest absolute Gasteiger partial charge is 0.298 e. The minimum absolute atomic E-state index is 0.482. The van der Waals surface area contributed by atoms with Gasteiger partial charge in [-0.25, -0.2) is 9.50 Å². The molecule has 8 nitrogen and oxygen atoms in total. The summed E-state index contributed by atoms with van der Waals surface area (Å²) in [7, 11) is 0. The van der Waals surface area contributed by atoms with Gasteiger partial charge in [-0.3, -0.25) is 4.79 Å². The smallest absolute Gasteiger partial charge is 0.220 e. The highest BCUT2D eigenvalue weighted by Crippen LogP contribution is 2.33. The Kier molecular flexibility index (Phi) is 3.87. The standard InChI is InChI=1S/C19H13N7OS/c1-12-15(11-27)17-20-18(14-9-5-6-10-16(14)26(17)22-12)28-19-21-23-24-25(19)13-7-3-2-4-8-13/h2-11H,1H3. The number of hydrogen-bond acceptors (Lipinski definition) is 7. The van der Waals surface area contributed by atoms with Crippen LogP contribution in [0.1, 0.15) is 16.1 Å². The van der Waals surface area contributed by atoms with E-state index in [-0.39, 0.29) is 0 Å². The lowest BCUT2D eigenvalue weighted by Gasteiger charge is -2.08. The van der Waals surface area contributed by atoms with Gasteiger partial charge in [0.15, 0.2) is 11.9 Å². The van der Waals surface area contributed by atoms with Crippen molar-refractivity contribution in [3.05, 3.63) is 65.9 Å². The third-order valence-corrected chi connectivity index (χ3v) is 5.34. The normalized spacial score (nSPS) is 11.3. The predicted molar refractivity (Wildman–Crippen MR) is 104 cm³/mol. The number of aryl methyl sites for hydroxylation is 1. The van der Waals surface area contributed by atoms with Crippen LogP contribution in [0.5, 0.6) is 0 Å². The van der Waals surface area contributed by atoms with Gasteiger partial charge >= 0.3 is 0 Å². The molecule has 0 spiro atoms. The van der Waals surface area contributed by atoms with Gasteiger partial charge < -0.3 is 0 Å². The lowest BCUT2D eigenvalue weighted by molar-refractivity contribution is 0.112. The first-order valence-corrected chi connectivity index (χ1v) is 9.33. The van der Waals surface area contributed by atoms with Crippen LogP contribution in [0.15, 0.2) is 64.8 Å². The van der Waals surface area contributed by atoms with Gasteiger partial charge in [0, 0.05) is 5.39 Å². The minimum atomic E-state index is 0.482. The number of rotatable bonds is 4. The van der Waals surface area contributed by atoms with Crippen molar-refractivity contribution >= 4 is 34.6 Å². The molecule has 0 aliphatic rings. The van der Waals surface area contributed by atoms with Crippen LogP contribution in [0.3, 0.4) is 0 Å². The Bertz CT molecular complexity index is 1330. The van der Waals surface area contributed by atoms with Crippen LogP contribution in [-0.2, 0) is 0 Å². The lowest BCUT2D eigenvalue weighted by Crippen LogP contribution is -2.00. The Morgan fingerprint density at radius 3 is 2.64 bits per heavy atom. The first-order valence-electron chi connectivity index (χ1n) is 8.51. The molecule has 0 aliphatic carbocycles. The second kappa shape index (κ2) is 6.54. The first kappa shape index (κ1) is 16.6. The highest BCUT2D eigenvalue weighted by Gasteiger charge is 2.18. The molecular weight excluding hydrogens is 374 g/mol. The number of fused-ring (bicyclic) bond motifs is 3. The number of aldehydes is 1. The maximum Gasteiger partial charge on any atom is 0.220 e. The highest BCUT2D eigenvalue weighted by molar-refractivity contribution is 7.99. The number of aromatic nitrogens is 7. The van der Waals surface area contributed by atoms with Gasteiger partial charge in [-0.15, -0.1) is 5.10 Å². The molecule has 2 aromatic carbocycles. The van der Waals surface area contributed by atoms with Crippen LogP contribution in [0, 0.1) is 6.92 Å². The van der Waals surface area contributed by atoms with Crippen LogP contribution >= 0.6 is 11.8 Å². The molecule has 0 atom stereocenters. The maximum atomic E-state index is 11.6. The molecule has 0 bridgehead atoms. The fraction of sp³-hybridized carbons (Fsp3) is 0.0526. The predicted octanol–water partition coefficient (Wildman–Crippen LogP) is 3.13. The quantitative estimate of drug-likeness (QED) is 0.346. The van der Waals surface area contributed by atoms with Gasteiger partial charge in [0.25, 0.3) is 0 Å². The van der Waals surface area contributed by atoms with E-state index in [1.807, 2.05) is 54.6 Å². The number of nitrogens with zero attached hydrogens (tertiary/aromatic N) is 7. The SMILES string of the molecule is Cc1nn2c(nc(Sc3nnnn3-c3ccccc3)c3ccccc32)c1C=O. The Hall–Kier alpha value is -3.59. The molecule has 0 amide bonds. The number of para-hydroxylation sites is 2. The van der Waals surface area contributed by atoms with E-state index in [0.717, 1.165) is 22.9 Å². The summed E-state index contributed by atoms with van der Waals surface area (Å²) in [6.07, 6.45) is 0.794. The summed E-state index contributed by atoms with van der Waals surface area (Å²) in [4.78, 5) is 16.3. The van der Waals surface area contributed by atoms with E-state index in [9.17, 15) is 4.79 Å². The zero-order valence-electron chi connectivity index (χ0n) is 14.7. The zero-order chi connectivity index (χ0) is 19.1. The summed E-state index contributed by atoms with van der Waals surface area (Å²) in [5.74, 6) is 0. The number of carbonyl (C=O) groups excluding carboxylic acids is 1. The Labute approximate surface area is 163 Å². The van der Waals surface area contributed by atoms with E-state index in [1.54, 1.807) is 16.1 Å². The number of hydrogen-bond donors (Lipinski definition) is 0. The average Bonchev–Trinajstić information content (AvgIpc) is 3.32. The van der Waals surface area contributed by atoms with E-state index < -0.39 is 0 Å². The molecule has 136 valence electrons. The van der Waals surface area contributed by atoms with Crippen molar-refractivity contribution in [3.63, 3.8) is 0 Å². The van der Waals surface area contributed by atoms with Gasteiger partial charge in [-0.1, -0.05) is 36.4 Å². The fourth-order valence-electron chi connectivity index (χ4n) is 3.07. The molecule has 0 saturated carbocycles. The molecule has 28 heavy (non-hydrogen) atoms. The van der Waals surface area contributed by atoms with Gasteiger partial charge in [0.1, 0.15) is 5.03 Å². The van der Waals surface area contributed by atoms with Crippen molar-refractivity contribution in [2.75, 3.05) is 0 Å². The molecule has 9 heteroatoms. The summed E-state index contributed by atoms with van der Waals surface area (Å²) in [6, 6.07) is 17.5. The molecule has 3 heterocycles. The monoisotopic (exact) mass is 387 g/mol. The van der Waals surface area contributed by atoms with Gasteiger partial charge in [0.05, 0.1) is 22.5 Å². The van der Waals surface area contributed by atoms with Gasteiger partial charge in [-0.05, 0) is 47.3 Å². The van der Waals surface area contributed by atoms with Crippen LogP contribution in [-0.4, -0.2) is 41.1 Å². The first-order chi connectivity index (χ1) is 13.8. The van der Waals surface area contributed by atoms with E-state index in [0.29, 0.717) is 27.1 Å². The second-order valence-corrected chi connectivity index (χ2v) is 7.05. The van der Waals surface area contributed by atoms with E-state index in [1.165, 1.54) is 11.8 Å². The van der Waals surface area contributed by atoms with Gasteiger partial charge in [0.2, 0.25) is 5.16 Å². The summed E-state index contributed by atoms with van der Waals surface area (Å²) < 4.78 is 3.37. The summed E-state index contributed by atoms with van der Waals surface area (Å²) >= 11 is 1.35. The minimum Gasteiger partial charge on any atom is -0.298 e. The van der Waals surface area contributed by atoms with Crippen LogP contribution < -0.4 is 0 Å². The van der Waals surface area contributed by atoms with E-state index in [4.69, 9.17) is 4.98 Å². The Balaban J connectivity index is 1.72. The van der Waals surface area contributed by atoms with Crippen molar-refractivity contribution < 1.29 is 4.79 Å². The topological polar surface area (TPSA) is 90.9 Å². The van der Waals surface area contributed by atoms with Crippen LogP contribution in [0.4, 0.5) is 0 Å². The average molecular weight is 387 g/mol. The number of tetrazole rings is 1. The van der Waals surface area contributed by atoms with E-state index >= 15 is 0 Å². The maximum absolute atomic E-state index is 11.6. The summed E-state index contributed by atoms with van der Waals surface area (Å²) in [5.41, 5.74) is 3.37. The molecule has 0 aliphatic heterocycles. The summed E-state index contributed by atoms with van der Waals surface area (Å²) in [5, 5.41) is 18.7. The third kappa shape index (κ3) is 2.55. The molecule has 0 N–H and O–H groups in total. The number of carbonyl (C=O) groups is 1. The molecule has 0 saturated heterocycles. The molecule has 5 rings (SSSR count). The molecule has 0 fully saturated rings. The number of benzene rings is 2. The fourth-order valence-corrected chi connectivity index (χ4v) is 3.97. The second-order valence-electron chi connectivity index (χ2n) is 6.10. The molecular formula is C19H13N7OS. The molecule has 0 radical (unpaired) electrons. The van der Waals surface area contributed by atoms with Crippen LogP contribution in [0.2, 0.25) is 0 Å². The van der Waals surface area contributed by atoms with Crippen molar-refractivity contribution in [1.82, 2.24) is 34.8 Å². The van der Waals surface area contributed by atoms with Crippen molar-refractivity contribution in [3.8, 4) is 5.69 Å². The van der Waals surface area contributed by atoms with Crippen molar-refractivity contribution in [2.24, 2.45) is 0 Å². The van der Waals surface area contributed by atoms with E-state index in [2.05, 4.69) is 20.6 Å². The zero-order valence-corrected chi connectivity index (χ0v) is 15.5. The summed E-state index contributed by atoms with van der Waals surface area (Å²) in [6.45, 7) is 1.80. The van der Waals surface area contributed by atoms with Gasteiger partial charge in [-0.2, -0.15) is 9.78 Å². The van der Waals surface area contributed by atoms with Crippen LogP contribution in [0.25, 0.3) is 22.2 Å². The molecule has 3 aromatic heterocycles. The van der Waals surface area contributed by atoms with Crippen molar-refractivity contribution in [1.29, 1.82) is 0 Å². The third-order valence-electron chi connectivity index (χ3n) is 4.40. The molecule has 5 aromatic rings. The highest BCUT2D eigenvalue weighted by atomic mass is 32.2. The Morgan fingerprint density at radius 1 is 1.04 bits per heavy atom. The molecule has 0 unspecified atom stereocenters. The van der Waals surface area contributed by atoms with Crippen molar-refractivity contribution in [2.45, 2.75) is 17.1 Å². The Morgan fingerprint density at radius 2 is 1.82 bits per heavy atom.